The smallest absolute Gasteiger partial charge is 0.0625 e. The van der Waals surface area contributed by atoms with Crippen molar-refractivity contribution in [2.24, 2.45) is 5.92 Å². The maximum atomic E-state index is 9.93. The van der Waals surface area contributed by atoms with Gasteiger partial charge in [-0.2, -0.15) is 5.10 Å². The van der Waals surface area contributed by atoms with Crippen molar-refractivity contribution in [3.05, 3.63) is 17.0 Å². The molecule has 2 N–H and O–H groups in total. The van der Waals surface area contributed by atoms with Gasteiger partial charge in [0.1, 0.15) is 0 Å². The molecule has 1 fully saturated rings. The summed E-state index contributed by atoms with van der Waals surface area (Å²) in [5.41, 5.74) is 3.67. The number of hydrogen-bond donors (Lipinski definition) is 2. The summed E-state index contributed by atoms with van der Waals surface area (Å²) in [6.07, 6.45) is 5.75. The van der Waals surface area contributed by atoms with Crippen molar-refractivity contribution < 1.29 is 5.11 Å². The van der Waals surface area contributed by atoms with Gasteiger partial charge in [-0.25, -0.2) is 0 Å². The summed E-state index contributed by atoms with van der Waals surface area (Å²) in [5.74, 6) is 0.554. The van der Waals surface area contributed by atoms with E-state index in [1.54, 1.807) is 0 Å². The summed E-state index contributed by atoms with van der Waals surface area (Å²) in [7, 11) is 0. The second-order valence-electron chi connectivity index (χ2n) is 6.64. The molecule has 1 aliphatic carbocycles. The number of hydrogen-bond acceptors (Lipinski definition) is 3. The standard InChI is InChI=1S/C17H31N3O/c1-5-10-18-17(12-21)9-6-7-16(17)8-11-20-15(4)13(2)14(3)19-20/h16,18,21H,5-12H2,1-4H3. The van der Waals surface area contributed by atoms with E-state index in [2.05, 4.69) is 42.8 Å². The van der Waals surface area contributed by atoms with Crippen LogP contribution >= 0.6 is 0 Å². The molecule has 2 unspecified atom stereocenters. The second-order valence-corrected chi connectivity index (χ2v) is 6.64. The normalized spacial score (nSPS) is 25.7. The molecule has 1 saturated carbocycles. The molecular weight excluding hydrogens is 262 g/mol. The Morgan fingerprint density at radius 1 is 1.38 bits per heavy atom. The van der Waals surface area contributed by atoms with Crippen LogP contribution in [0.25, 0.3) is 0 Å². The minimum absolute atomic E-state index is 0.0544. The van der Waals surface area contributed by atoms with E-state index in [4.69, 9.17) is 0 Å². The van der Waals surface area contributed by atoms with E-state index < -0.39 is 0 Å². The lowest BCUT2D eigenvalue weighted by molar-refractivity contribution is 0.116. The number of aryl methyl sites for hydroxylation is 2. The van der Waals surface area contributed by atoms with Gasteiger partial charge in [-0.15, -0.1) is 0 Å². The Bertz CT molecular complexity index is 469. The first-order chi connectivity index (χ1) is 10.0. The Kier molecular flexibility index (Phi) is 5.44. The van der Waals surface area contributed by atoms with Crippen molar-refractivity contribution in [2.45, 2.75) is 71.9 Å². The highest BCUT2D eigenvalue weighted by Gasteiger charge is 2.41. The topological polar surface area (TPSA) is 50.1 Å². The summed E-state index contributed by atoms with van der Waals surface area (Å²) < 4.78 is 2.14. The Morgan fingerprint density at radius 3 is 2.71 bits per heavy atom. The monoisotopic (exact) mass is 293 g/mol. The number of nitrogens with one attached hydrogen (secondary N) is 1. The first kappa shape index (κ1) is 16.5. The summed E-state index contributed by atoms with van der Waals surface area (Å²) in [4.78, 5) is 0. The zero-order valence-corrected chi connectivity index (χ0v) is 14.1. The quantitative estimate of drug-likeness (QED) is 0.812. The lowest BCUT2D eigenvalue weighted by Gasteiger charge is -2.35. The molecule has 2 atom stereocenters. The van der Waals surface area contributed by atoms with E-state index in [1.165, 1.54) is 24.1 Å². The molecule has 0 aromatic carbocycles. The second kappa shape index (κ2) is 6.93. The predicted molar refractivity (Wildman–Crippen MR) is 86.5 cm³/mol. The van der Waals surface area contributed by atoms with Crippen LogP contribution in [0.15, 0.2) is 0 Å². The molecule has 4 nitrogen and oxygen atoms in total. The van der Waals surface area contributed by atoms with Gasteiger partial charge in [0.25, 0.3) is 0 Å². The molecular formula is C17H31N3O. The van der Waals surface area contributed by atoms with Crippen molar-refractivity contribution >= 4 is 0 Å². The van der Waals surface area contributed by atoms with Crippen LogP contribution in [0.3, 0.4) is 0 Å². The molecule has 0 amide bonds. The SMILES string of the molecule is CCCNC1(CO)CCCC1CCn1nc(C)c(C)c1C. The lowest BCUT2D eigenvalue weighted by Crippen LogP contribution is -2.51. The molecule has 120 valence electrons. The van der Waals surface area contributed by atoms with E-state index in [0.717, 1.165) is 38.0 Å². The number of nitrogens with zero attached hydrogens (tertiary/aromatic N) is 2. The van der Waals surface area contributed by atoms with E-state index in [1.807, 2.05) is 0 Å². The number of rotatable bonds is 7. The molecule has 4 heteroatoms. The maximum absolute atomic E-state index is 9.93. The Balaban J connectivity index is 2.02. The summed E-state index contributed by atoms with van der Waals surface area (Å²) in [5, 5.41) is 18.2. The zero-order chi connectivity index (χ0) is 15.5. The summed E-state index contributed by atoms with van der Waals surface area (Å²) >= 11 is 0. The van der Waals surface area contributed by atoms with Crippen LogP contribution in [-0.4, -0.2) is 33.6 Å². The summed E-state index contributed by atoms with van der Waals surface area (Å²) in [6.45, 7) is 10.8. The molecule has 0 spiro atoms. The molecule has 1 heterocycles. The van der Waals surface area contributed by atoms with Gasteiger partial charge < -0.3 is 10.4 Å². The van der Waals surface area contributed by atoms with E-state index in [9.17, 15) is 5.11 Å². The fraction of sp³-hybridized carbons (Fsp3) is 0.824. The van der Waals surface area contributed by atoms with Crippen LogP contribution in [-0.2, 0) is 6.54 Å². The highest BCUT2D eigenvalue weighted by Crippen LogP contribution is 2.38. The van der Waals surface area contributed by atoms with E-state index >= 15 is 0 Å². The van der Waals surface area contributed by atoms with Crippen molar-refractivity contribution in [2.75, 3.05) is 13.2 Å². The fourth-order valence-corrected chi connectivity index (χ4v) is 3.72. The molecule has 1 aromatic heterocycles. The van der Waals surface area contributed by atoms with Gasteiger partial charge in [0.15, 0.2) is 0 Å². The number of aliphatic hydroxyl groups excluding tert-OH is 1. The van der Waals surface area contributed by atoms with Gasteiger partial charge in [-0.1, -0.05) is 13.3 Å². The minimum Gasteiger partial charge on any atom is -0.394 e. The predicted octanol–water partition coefficient (Wildman–Crippen LogP) is 2.73. The molecule has 0 radical (unpaired) electrons. The molecule has 21 heavy (non-hydrogen) atoms. The molecule has 1 aromatic rings. The van der Waals surface area contributed by atoms with E-state index in [-0.39, 0.29) is 12.1 Å². The third-order valence-corrected chi connectivity index (χ3v) is 5.40. The van der Waals surface area contributed by atoms with E-state index in [0.29, 0.717) is 5.92 Å². The highest BCUT2D eigenvalue weighted by molar-refractivity contribution is 5.22. The van der Waals surface area contributed by atoms with Crippen molar-refractivity contribution in [1.82, 2.24) is 15.1 Å². The third kappa shape index (κ3) is 3.32. The Morgan fingerprint density at radius 2 is 2.14 bits per heavy atom. The van der Waals surface area contributed by atoms with Gasteiger partial charge in [-0.05, 0) is 64.5 Å². The first-order valence-electron chi connectivity index (χ1n) is 8.40. The molecule has 0 saturated heterocycles. The fourth-order valence-electron chi connectivity index (χ4n) is 3.72. The zero-order valence-electron chi connectivity index (χ0n) is 14.1. The molecule has 0 bridgehead atoms. The van der Waals surface area contributed by atoms with Crippen molar-refractivity contribution in [1.29, 1.82) is 0 Å². The van der Waals surface area contributed by atoms with Crippen molar-refractivity contribution in [3.8, 4) is 0 Å². The summed E-state index contributed by atoms with van der Waals surface area (Å²) in [6, 6.07) is 0. The van der Waals surface area contributed by atoms with Crippen LogP contribution in [0, 0.1) is 26.7 Å². The lowest BCUT2D eigenvalue weighted by atomic mass is 9.85. The van der Waals surface area contributed by atoms with Crippen LogP contribution < -0.4 is 5.32 Å². The van der Waals surface area contributed by atoms with Gasteiger partial charge in [0.2, 0.25) is 0 Å². The molecule has 0 aliphatic heterocycles. The van der Waals surface area contributed by atoms with Gasteiger partial charge in [0, 0.05) is 17.8 Å². The van der Waals surface area contributed by atoms with Crippen LogP contribution in [0.2, 0.25) is 0 Å². The number of aliphatic hydroxyl groups is 1. The van der Waals surface area contributed by atoms with Gasteiger partial charge in [0.05, 0.1) is 12.3 Å². The first-order valence-corrected chi connectivity index (χ1v) is 8.40. The van der Waals surface area contributed by atoms with Crippen LogP contribution in [0.1, 0.15) is 56.0 Å². The third-order valence-electron chi connectivity index (χ3n) is 5.40. The van der Waals surface area contributed by atoms with Crippen LogP contribution in [0.4, 0.5) is 0 Å². The Labute approximate surface area is 128 Å². The number of aromatic nitrogens is 2. The Hall–Kier alpha value is -0.870. The minimum atomic E-state index is -0.0544. The average Bonchev–Trinajstić information content (AvgIpc) is 3.00. The maximum Gasteiger partial charge on any atom is 0.0625 e. The van der Waals surface area contributed by atoms with Crippen LogP contribution in [0.5, 0.6) is 0 Å². The molecule has 1 aliphatic rings. The van der Waals surface area contributed by atoms with Gasteiger partial charge >= 0.3 is 0 Å². The largest absolute Gasteiger partial charge is 0.394 e. The highest BCUT2D eigenvalue weighted by atomic mass is 16.3. The average molecular weight is 293 g/mol. The molecule has 2 rings (SSSR count). The van der Waals surface area contributed by atoms with Gasteiger partial charge in [-0.3, -0.25) is 4.68 Å². The van der Waals surface area contributed by atoms with Crippen molar-refractivity contribution in [3.63, 3.8) is 0 Å².